The van der Waals surface area contributed by atoms with Crippen LogP contribution in [0.25, 0.3) is 0 Å². The maximum Gasteiger partial charge on any atom is 0.0575 e. The van der Waals surface area contributed by atoms with Crippen LogP contribution in [0, 0.1) is 30.6 Å². The van der Waals surface area contributed by atoms with Crippen LogP contribution in [-0.4, -0.2) is 12.7 Å². The van der Waals surface area contributed by atoms with Crippen LogP contribution >= 0.6 is 0 Å². The van der Waals surface area contributed by atoms with E-state index in [2.05, 4.69) is 65.8 Å². The van der Waals surface area contributed by atoms with E-state index in [1.807, 2.05) is 0 Å². The Bertz CT molecular complexity index is 534. The minimum atomic E-state index is 0.540. The first kappa shape index (κ1) is 24.4. The van der Waals surface area contributed by atoms with Crippen molar-refractivity contribution in [3.63, 3.8) is 0 Å². The standard InChI is InChI=1S/C15H24.C13H24O/c1-11(2)10-15(12(3)4)14-8-6-13(5)7-9-14;1-11(13-7-8-13)14-10-9-12-5-3-2-4-6-12/h6-9,11-12,15H,10H2,1-5H3;11-13H,2-10H2,1H3. The van der Waals surface area contributed by atoms with Gasteiger partial charge in [-0.25, -0.2) is 0 Å². The summed E-state index contributed by atoms with van der Waals surface area (Å²) in [4.78, 5) is 0. The summed E-state index contributed by atoms with van der Waals surface area (Å²) in [7, 11) is 0. The zero-order valence-corrected chi connectivity index (χ0v) is 20.3. The lowest BCUT2D eigenvalue weighted by Gasteiger charge is -2.23. The molecule has 0 spiro atoms. The van der Waals surface area contributed by atoms with Crippen molar-refractivity contribution in [1.82, 2.24) is 0 Å². The molecular weight excluding hydrogens is 352 g/mol. The quantitative estimate of drug-likeness (QED) is 0.403. The van der Waals surface area contributed by atoms with Crippen molar-refractivity contribution < 1.29 is 4.74 Å². The molecule has 29 heavy (non-hydrogen) atoms. The largest absolute Gasteiger partial charge is 0.378 e. The van der Waals surface area contributed by atoms with Gasteiger partial charge in [-0.05, 0) is 74.7 Å². The molecule has 2 aliphatic rings. The van der Waals surface area contributed by atoms with Gasteiger partial charge < -0.3 is 4.74 Å². The molecule has 1 aromatic carbocycles. The van der Waals surface area contributed by atoms with Crippen molar-refractivity contribution in [1.29, 1.82) is 0 Å². The Morgan fingerprint density at radius 2 is 1.48 bits per heavy atom. The van der Waals surface area contributed by atoms with Crippen molar-refractivity contribution in [3.05, 3.63) is 35.4 Å². The fraction of sp³-hybridized carbons (Fsp3) is 0.786. The molecule has 1 heteroatoms. The lowest BCUT2D eigenvalue weighted by atomic mass is 9.82. The zero-order chi connectivity index (χ0) is 21.2. The highest BCUT2D eigenvalue weighted by molar-refractivity contribution is 5.24. The Labute approximate surface area is 182 Å². The van der Waals surface area contributed by atoms with Gasteiger partial charge in [0.25, 0.3) is 0 Å². The van der Waals surface area contributed by atoms with Gasteiger partial charge in [0.2, 0.25) is 0 Å². The summed E-state index contributed by atoms with van der Waals surface area (Å²) in [6, 6.07) is 9.04. The molecule has 2 fully saturated rings. The van der Waals surface area contributed by atoms with Crippen LogP contribution in [0.2, 0.25) is 0 Å². The lowest BCUT2D eigenvalue weighted by molar-refractivity contribution is 0.0398. The van der Waals surface area contributed by atoms with Gasteiger partial charge in [0, 0.05) is 6.61 Å². The minimum Gasteiger partial charge on any atom is -0.378 e. The first-order valence-electron chi connectivity index (χ1n) is 12.5. The molecule has 2 aliphatic carbocycles. The molecule has 0 amide bonds. The predicted molar refractivity (Wildman–Crippen MR) is 128 cm³/mol. The monoisotopic (exact) mass is 400 g/mol. The maximum atomic E-state index is 5.87. The van der Waals surface area contributed by atoms with Gasteiger partial charge in [-0.3, -0.25) is 0 Å². The van der Waals surface area contributed by atoms with Crippen molar-refractivity contribution in [2.45, 2.75) is 111 Å². The molecule has 0 saturated heterocycles. The number of hydrogen-bond acceptors (Lipinski definition) is 1. The Morgan fingerprint density at radius 1 is 0.862 bits per heavy atom. The second-order valence-electron chi connectivity index (χ2n) is 10.6. The third-order valence-electron chi connectivity index (χ3n) is 6.95. The van der Waals surface area contributed by atoms with Crippen molar-refractivity contribution >= 4 is 0 Å². The zero-order valence-electron chi connectivity index (χ0n) is 20.3. The van der Waals surface area contributed by atoms with Gasteiger partial charge in [-0.2, -0.15) is 0 Å². The topological polar surface area (TPSA) is 9.23 Å². The van der Waals surface area contributed by atoms with Crippen LogP contribution < -0.4 is 0 Å². The number of ether oxygens (including phenoxy) is 1. The normalized spacial score (nSPS) is 19.7. The van der Waals surface area contributed by atoms with E-state index < -0.39 is 0 Å². The maximum absolute atomic E-state index is 5.87. The summed E-state index contributed by atoms with van der Waals surface area (Å²) in [5, 5.41) is 0. The third kappa shape index (κ3) is 9.69. The Morgan fingerprint density at radius 3 is 2.00 bits per heavy atom. The lowest BCUT2D eigenvalue weighted by Crippen LogP contribution is -2.15. The van der Waals surface area contributed by atoms with Gasteiger partial charge in [0.1, 0.15) is 0 Å². The molecule has 2 unspecified atom stereocenters. The molecule has 0 aliphatic heterocycles. The molecule has 0 heterocycles. The van der Waals surface area contributed by atoms with Crippen LogP contribution in [0.4, 0.5) is 0 Å². The second kappa shape index (κ2) is 12.8. The fourth-order valence-electron chi connectivity index (χ4n) is 4.71. The predicted octanol–water partition coefficient (Wildman–Crippen LogP) is 8.55. The summed E-state index contributed by atoms with van der Waals surface area (Å²) in [5.41, 5.74) is 2.86. The van der Waals surface area contributed by atoms with E-state index in [9.17, 15) is 0 Å². The van der Waals surface area contributed by atoms with Crippen LogP contribution in [0.5, 0.6) is 0 Å². The van der Waals surface area contributed by atoms with Crippen LogP contribution in [0.1, 0.15) is 109 Å². The van der Waals surface area contributed by atoms with E-state index in [0.29, 0.717) is 12.0 Å². The van der Waals surface area contributed by atoms with E-state index in [4.69, 9.17) is 4.74 Å². The van der Waals surface area contributed by atoms with Gasteiger partial charge in [-0.15, -0.1) is 0 Å². The summed E-state index contributed by atoms with van der Waals surface area (Å²) < 4.78 is 5.87. The second-order valence-corrected chi connectivity index (χ2v) is 10.6. The van der Waals surface area contributed by atoms with E-state index >= 15 is 0 Å². The Balaban J connectivity index is 0.000000207. The number of aryl methyl sites for hydroxylation is 1. The smallest absolute Gasteiger partial charge is 0.0575 e. The summed E-state index contributed by atoms with van der Waals surface area (Å²) in [6.07, 6.45) is 13.3. The van der Waals surface area contributed by atoms with Crippen LogP contribution in [0.3, 0.4) is 0 Å². The number of rotatable bonds is 9. The summed E-state index contributed by atoms with van der Waals surface area (Å²) in [5.74, 6) is 4.11. The average Bonchev–Trinajstić information content (AvgIpc) is 3.53. The number of hydrogen-bond donors (Lipinski definition) is 0. The highest BCUT2D eigenvalue weighted by Gasteiger charge is 2.28. The van der Waals surface area contributed by atoms with E-state index in [0.717, 1.165) is 30.3 Å². The molecule has 2 atom stereocenters. The minimum absolute atomic E-state index is 0.540. The molecule has 0 N–H and O–H groups in total. The molecule has 0 radical (unpaired) electrons. The average molecular weight is 401 g/mol. The Kier molecular flexibility index (Phi) is 10.8. The number of benzene rings is 1. The van der Waals surface area contributed by atoms with Crippen molar-refractivity contribution in [2.24, 2.45) is 23.7 Å². The molecule has 2 saturated carbocycles. The van der Waals surface area contributed by atoms with Gasteiger partial charge in [-0.1, -0.05) is 89.6 Å². The van der Waals surface area contributed by atoms with Gasteiger partial charge in [0.05, 0.1) is 6.10 Å². The Hall–Kier alpha value is -0.820. The van der Waals surface area contributed by atoms with E-state index in [1.165, 1.54) is 68.9 Å². The molecule has 0 aromatic heterocycles. The molecule has 1 aromatic rings. The van der Waals surface area contributed by atoms with Crippen LogP contribution in [-0.2, 0) is 4.74 Å². The first-order chi connectivity index (χ1) is 13.9. The van der Waals surface area contributed by atoms with Gasteiger partial charge in [0.15, 0.2) is 0 Å². The third-order valence-corrected chi connectivity index (χ3v) is 6.95. The summed E-state index contributed by atoms with van der Waals surface area (Å²) in [6.45, 7) is 14.7. The van der Waals surface area contributed by atoms with Crippen molar-refractivity contribution in [2.75, 3.05) is 6.61 Å². The SMILES string of the molecule is CC(OCCC1CCCCC1)C1CC1.Cc1ccc(C(CC(C)C)C(C)C)cc1. The highest BCUT2D eigenvalue weighted by atomic mass is 16.5. The molecule has 1 nitrogen and oxygen atoms in total. The first-order valence-corrected chi connectivity index (χ1v) is 12.5. The summed E-state index contributed by atoms with van der Waals surface area (Å²) >= 11 is 0. The van der Waals surface area contributed by atoms with E-state index in [-0.39, 0.29) is 0 Å². The van der Waals surface area contributed by atoms with Gasteiger partial charge >= 0.3 is 0 Å². The highest BCUT2D eigenvalue weighted by Crippen LogP contribution is 2.34. The molecular formula is C28H48O. The fourth-order valence-corrected chi connectivity index (χ4v) is 4.71. The van der Waals surface area contributed by atoms with Crippen LogP contribution in [0.15, 0.2) is 24.3 Å². The molecule has 0 bridgehead atoms. The molecule has 3 rings (SSSR count). The molecule has 166 valence electrons. The van der Waals surface area contributed by atoms with Crippen molar-refractivity contribution in [3.8, 4) is 0 Å². The van der Waals surface area contributed by atoms with E-state index in [1.54, 1.807) is 0 Å².